The van der Waals surface area contributed by atoms with Crippen LogP contribution in [0.15, 0.2) is 23.1 Å². The van der Waals surface area contributed by atoms with E-state index >= 15 is 0 Å². The summed E-state index contributed by atoms with van der Waals surface area (Å²) in [7, 11) is -3.94. The number of hydrogen-bond acceptors (Lipinski definition) is 3. The Labute approximate surface area is 121 Å². The summed E-state index contributed by atoms with van der Waals surface area (Å²) in [6.45, 7) is 1.90. The fraction of sp³-hybridized carbons (Fsp3) is 0.417. The number of benzene rings is 1. The van der Waals surface area contributed by atoms with Gasteiger partial charge in [-0.15, -0.1) is 0 Å². The number of halogens is 2. The molecule has 1 amide bonds. The molecule has 2 rings (SSSR count). The van der Waals surface area contributed by atoms with Gasteiger partial charge in [-0.1, -0.05) is 18.5 Å². The molecule has 1 aromatic rings. The fourth-order valence-corrected chi connectivity index (χ4v) is 4.36. The predicted molar refractivity (Wildman–Crippen MR) is 72.0 cm³/mol. The first kappa shape index (κ1) is 15.2. The van der Waals surface area contributed by atoms with Crippen LogP contribution < -0.4 is 5.73 Å². The van der Waals surface area contributed by atoms with Crippen LogP contribution in [0.25, 0.3) is 0 Å². The van der Waals surface area contributed by atoms with Gasteiger partial charge in [0.15, 0.2) is 0 Å². The van der Waals surface area contributed by atoms with Crippen LogP contribution in [0.1, 0.15) is 6.92 Å². The molecule has 20 heavy (non-hydrogen) atoms. The van der Waals surface area contributed by atoms with Crippen molar-refractivity contribution in [2.45, 2.75) is 11.8 Å². The molecule has 0 saturated carbocycles. The first-order chi connectivity index (χ1) is 9.23. The zero-order valence-electron chi connectivity index (χ0n) is 10.7. The standard InChI is InChI=1S/C12H14ClFN2O3S/c1-7-5-16(6-9(7)12(15)17)20(18,19)11-4-8(14)2-3-10(11)13/h2-4,7,9H,5-6H2,1H3,(H2,15,17)/t7-,9-/m1/s1. The zero-order chi connectivity index (χ0) is 15.1. The van der Waals surface area contributed by atoms with Gasteiger partial charge in [0, 0.05) is 13.1 Å². The van der Waals surface area contributed by atoms with Crippen molar-refractivity contribution in [1.82, 2.24) is 4.31 Å². The van der Waals surface area contributed by atoms with Crippen molar-refractivity contribution in [3.63, 3.8) is 0 Å². The summed E-state index contributed by atoms with van der Waals surface area (Å²) < 4.78 is 39.2. The Balaban J connectivity index is 2.37. The Hall–Kier alpha value is -1.18. The van der Waals surface area contributed by atoms with Crippen molar-refractivity contribution in [2.75, 3.05) is 13.1 Å². The van der Waals surface area contributed by atoms with Gasteiger partial charge in [0.05, 0.1) is 10.9 Å². The molecule has 8 heteroatoms. The molecule has 0 spiro atoms. The number of primary amides is 1. The van der Waals surface area contributed by atoms with E-state index in [9.17, 15) is 17.6 Å². The first-order valence-electron chi connectivity index (χ1n) is 5.98. The molecule has 1 aromatic carbocycles. The Morgan fingerprint density at radius 1 is 1.45 bits per heavy atom. The lowest BCUT2D eigenvalue weighted by Crippen LogP contribution is -2.32. The van der Waals surface area contributed by atoms with Gasteiger partial charge in [-0.25, -0.2) is 12.8 Å². The van der Waals surface area contributed by atoms with E-state index in [4.69, 9.17) is 17.3 Å². The Kier molecular flexibility index (Phi) is 4.04. The summed E-state index contributed by atoms with van der Waals surface area (Å²) in [5, 5.41) is -0.0541. The van der Waals surface area contributed by atoms with Crippen LogP contribution in [0.3, 0.4) is 0 Å². The summed E-state index contributed by atoms with van der Waals surface area (Å²) in [4.78, 5) is 11.0. The van der Waals surface area contributed by atoms with Gasteiger partial charge in [-0.2, -0.15) is 4.31 Å². The van der Waals surface area contributed by atoms with Crippen LogP contribution in [0, 0.1) is 17.7 Å². The van der Waals surface area contributed by atoms with Crippen LogP contribution in [-0.4, -0.2) is 31.7 Å². The van der Waals surface area contributed by atoms with Crippen LogP contribution >= 0.6 is 11.6 Å². The molecule has 0 unspecified atom stereocenters. The molecule has 1 aliphatic rings. The minimum atomic E-state index is -3.94. The molecule has 1 saturated heterocycles. The van der Waals surface area contributed by atoms with Crippen molar-refractivity contribution in [3.05, 3.63) is 29.0 Å². The summed E-state index contributed by atoms with van der Waals surface area (Å²) in [6.07, 6.45) is 0. The Morgan fingerprint density at radius 2 is 2.10 bits per heavy atom. The number of carbonyl (C=O) groups excluding carboxylic acids is 1. The second-order valence-corrected chi connectivity index (χ2v) is 7.20. The number of sulfonamides is 1. The topological polar surface area (TPSA) is 80.5 Å². The Morgan fingerprint density at radius 3 is 2.65 bits per heavy atom. The Bertz CT molecular complexity index is 650. The van der Waals surface area contributed by atoms with Crippen molar-refractivity contribution in [1.29, 1.82) is 0 Å². The average Bonchev–Trinajstić information content (AvgIpc) is 2.75. The highest BCUT2D eigenvalue weighted by Crippen LogP contribution is 2.31. The van der Waals surface area contributed by atoms with E-state index < -0.39 is 27.7 Å². The lowest BCUT2D eigenvalue weighted by Gasteiger charge is -2.17. The van der Waals surface area contributed by atoms with E-state index in [2.05, 4.69) is 0 Å². The van der Waals surface area contributed by atoms with Crippen LogP contribution in [0.4, 0.5) is 4.39 Å². The van der Waals surface area contributed by atoms with Gasteiger partial charge < -0.3 is 5.73 Å². The molecule has 1 heterocycles. The monoisotopic (exact) mass is 320 g/mol. The highest BCUT2D eigenvalue weighted by atomic mass is 35.5. The van der Waals surface area contributed by atoms with E-state index in [1.165, 1.54) is 6.07 Å². The maximum atomic E-state index is 13.2. The molecule has 1 fully saturated rings. The minimum Gasteiger partial charge on any atom is -0.369 e. The fourth-order valence-electron chi connectivity index (χ4n) is 2.30. The van der Waals surface area contributed by atoms with Crippen LogP contribution in [0.5, 0.6) is 0 Å². The van der Waals surface area contributed by atoms with E-state index in [0.29, 0.717) is 0 Å². The lowest BCUT2D eigenvalue weighted by atomic mass is 9.98. The van der Waals surface area contributed by atoms with Gasteiger partial charge >= 0.3 is 0 Å². The number of nitrogens with zero attached hydrogens (tertiary/aromatic N) is 1. The normalized spacial score (nSPS) is 23.9. The molecule has 2 N–H and O–H groups in total. The van der Waals surface area contributed by atoms with Gasteiger partial charge in [0.25, 0.3) is 0 Å². The van der Waals surface area contributed by atoms with Gasteiger partial charge in [-0.3, -0.25) is 4.79 Å². The van der Waals surface area contributed by atoms with Crippen molar-refractivity contribution in [3.8, 4) is 0 Å². The van der Waals surface area contributed by atoms with Gasteiger partial charge in [0.2, 0.25) is 15.9 Å². The average molecular weight is 321 g/mol. The molecular weight excluding hydrogens is 307 g/mol. The number of nitrogens with two attached hydrogens (primary N) is 1. The summed E-state index contributed by atoms with van der Waals surface area (Å²) in [6, 6.07) is 3.15. The van der Waals surface area contributed by atoms with E-state index in [1.54, 1.807) is 6.92 Å². The number of rotatable bonds is 3. The van der Waals surface area contributed by atoms with E-state index in [-0.39, 0.29) is 28.9 Å². The highest BCUT2D eigenvalue weighted by molar-refractivity contribution is 7.89. The van der Waals surface area contributed by atoms with Crippen molar-refractivity contribution < 1.29 is 17.6 Å². The first-order valence-corrected chi connectivity index (χ1v) is 7.80. The highest BCUT2D eigenvalue weighted by Gasteiger charge is 2.40. The molecule has 0 aliphatic carbocycles. The second-order valence-electron chi connectivity index (χ2n) is 4.88. The minimum absolute atomic E-state index is 0.00826. The number of carbonyl (C=O) groups is 1. The number of hydrogen-bond donors (Lipinski definition) is 1. The van der Waals surface area contributed by atoms with E-state index in [0.717, 1.165) is 16.4 Å². The third-order valence-corrected chi connectivity index (χ3v) is 5.77. The molecule has 110 valence electrons. The summed E-state index contributed by atoms with van der Waals surface area (Å²) >= 11 is 5.83. The van der Waals surface area contributed by atoms with Crippen molar-refractivity contribution >= 4 is 27.5 Å². The predicted octanol–water partition coefficient (Wildman–Crippen LogP) is 1.22. The van der Waals surface area contributed by atoms with Crippen molar-refractivity contribution in [2.24, 2.45) is 17.6 Å². The van der Waals surface area contributed by atoms with Crippen LogP contribution in [-0.2, 0) is 14.8 Å². The molecule has 2 atom stereocenters. The van der Waals surface area contributed by atoms with Crippen LogP contribution in [0.2, 0.25) is 5.02 Å². The third-order valence-electron chi connectivity index (χ3n) is 3.46. The third kappa shape index (κ3) is 2.65. The zero-order valence-corrected chi connectivity index (χ0v) is 12.3. The SMILES string of the molecule is C[C@@H]1CN(S(=O)(=O)c2cc(F)ccc2Cl)C[C@H]1C(N)=O. The maximum absolute atomic E-state index is 13.2. The largest absolute Gasteiger partial charge is 0.369 e. The second kappa shape index (κ2) is 5.31. The smallest absolute Gasteiger partial charge is 0.244 e. The molecule has 1 aliphatic heterocycles. The summed E-state index contributed by atoms with van der Waals surface area (Å²) in [5.41, 5.74) is 5.24. The lowest BCUT2D eigenvalue weighted by molar-refractivity contribution is -0.122. The summed E-state index contributed by atoms with van der Waals surface area (Å²) in [5.74, 6) is -1.96. The molecular formula is C12H14ClFN2O3S. The quantitative estimate of drug-likeness (QED) is 0.909. The molecule has 0 bridgehead atoms. The molecule has 5 nitrogen and oxygen atoms in total. The van der Waals surface area contributed by atoms with Gasteiger partial charge in [0.1, 0.15) is 10.7 Å². The van der Waals surface area contributed by atoms with Gasteiger partial charge in [-0.05, 0) is 24.1 Å². The maximum Gasteiger partial charge on any atom is 0.244 e. The molecule has 0 radical (unpaired) electrons. The number of amides is 1. The molecule has 0 aromatic heterocycles. The van der Waals surface area contributed by atoms with E-state index in [1.807, 2.05) is 0 Å².